The van der Waals surface area contributed by atoms with E-state index in [-0.39, 0.29) is 382 Å². The molecule has 24 nitrogen and oxygen atoms in total. The van der Waals surface area contributed by atoms with Crippen molar-refractivity contribution in [2.75, 3.05) is 0 Å². The molecule has 0 spiro atoms. The van der Waals surface area contributed by atoms with Gasteiger partial charge in [0, 0.05) is 384 Å². The fourth-order valence-corrected chi connectivity index (χ4v) is 6.51. The zero-order chi connectivity index (χ0) is 66.1. The molecular weight excluding hydrogens is 2160 g/mol. The third-order valence-corrected chi connectivity index (χ3v) is 11.8. The van der Waals surface area contributed by atoms with E-state index in [0.29, 0.717) is 5.89 Å². The van der Waals surface area contributed by atoms with Crippen LogP contribution < -0.4 is 0 Å². The first-order valence-corrected chi connectivity index (χ1v) is 30.5. The molecule has 0 aliphatic carbocycles. The normalized spacial score (nSPS) is 6.68. The van der Waals surface area contributed by atoms with Crippen LogP contribution in [0.25, 0.3) is 0 Å². The quantitative estimate of drug-likeness (QED) is 0.102. The van der Waals surface area contributed by atoms with Crippen molar-refractivity contribution in [2.45, 2.75) is 104 Å². The second-order valence-electron chi connectivity index (χ2n) is 17.2. The van der Waals surface area contributed by atoms with Crippen molar-refractivity contribution in [3.63, 3.8) is 0 Å². The molecule has 15 aromatic heterocycles. The molecule has 0 amide bonds. The summed E-state index contributed by atoms with van der Waals surface area (Å²) in [4.78, 5) is 41.9. The summed E-state index contributed by atoms with van der Waals surface area (Å²) in [5.41, 5.74) is 10.1. The summed E-state index contributed by atoms with van der Waals surface area (Å²) in [5, 5.41) is 27.4. The number of furan rings is 1. The average molecular weight is 2280 g/mol. The zero-order valence-electron chi connectivity index (χ0n) is 73.9. The van der Waals surface area contributed by atoms with Crippen molar-refractivity contribution >= 4 is 45.3 Å². The van der Waals surface area contributed by atoms with E-state index in [0.717, 1.165) is 62.5 Å². The number of oxazole rings is 3. The van der Waals surface area contributed by atoms with Gasteiger partial charge in [0.25, 0.3) is 0 Å². The molecule has 0 aromatic carbocycles. The number of thiazole rings is 3. The Morgan fingerprint density at radius 2 is 1.03 bits per heavy atom. The van der Waals surface area contributed by atoms with Gasteiger partial charge in [0.2, 0.25) is 0 Å². The Kier molecular flexibility index (Phi) is 249. The minimum Gasteiger partial charge on any atom is -0.613 e. The van der Waals surface area contributed by atoms with Gasteiger partial charge in [-0.1, -0.05) is 23.3 Å². The van der Waals surface area contributed by atoms with Crippen LogP contribution in [-0.4, -0.2) is 85.5 Å². The van der Waals surface area contributed by atoms with Crippen LogP contribution in [0.3, 0.4) is 0 Å². The van der Waals surface area contributed by atoms with Gasteiger partial charge in [-0.3, -0.25) is 20.1 Å². The molecular formula is C76H122N17O7S4V15-15. The summed E-state index contributed by atoms with van der Waals surface area (Å²) in [6, 6.07) is 17.5. The summed E-state index contributed by atoms with van der Waals surface area (Å²) in [7, 11) is 0. The van der Waals surface area contributed by atoms with Crippen LogP contribution in [0, 0.1) is 214 Å². The van der Waals surface area contributed by atoms with E-state index in [4.69, 9.17) is 13.3 Å². The Bertz CT molecular complexity index is 2690. The van der Waals surface area contributed by atoms with Crippen LogP contribution in [-0.2, 0) is 278 Å². The molecule has 0 aliphatic heterocycles. The van der Waals surface area contributed by atoms with Crippen LogP contribution in [0.2, 0.25) is 0 Å². The van der Waals surface area contributed by atoms with E-state index in [2.05, 4.69) is 134 Å². The number of nitrogens with zero attached hydrogens (tertiary/aromatic N) is 13. The van der Waals surface area contributed by atoms with Gasteiger partial charge in [-0.25, -0.2) is 35.1 Å². The molecule has 15 aromatic rings. The number of H-pyrrole nitrogens is 4. The van der Waals surface area contributed by atoms with Crippen LogP contribution in [0.15, 0.2) is 219 Å². The number of thiophene rings is 1. The van der Waals surface area contributed by atoms with Gasteiger partial charge in [-0.05, 0) is 132 Å². The van der Waals surface area contributed by atoms with Gasteiger partial charge in [0.1, 0.15) is 41.9 Å². The van der Waals surface area contributed by atoms with Crippen molar-refractivity contribution < 1.29 is 309 Å². The number of aromatic nitrogens is 17. The van der Waals surface area contributed by atoms with E-state index in [1.165, 1.54) is 28.2 Å². The van der Waals surface area contributed by atoms with E-state index in [1.54, 1.807) is 152 Å². The van der Waals surface area contributed by atoms with Crippen molar-refractivity contribution in [3.8, 4) is 0 Å². The van der Waals surface area contributed by atoms with Gasteiger partial charge >= 0.3 is 0 Å². The van der Waals surface area contributed by atoms with Gasteiger partial charge in [-0.15, -0.1) is 45.3 Å². The maximum atomic E-state index is 4.83. The molecule has 0 unspecified atom stereocenters. The maximum absolute atomic E-state index is 4.83. The number of hydrogen-bond donors (Lipinski definition) is 4. The SMILES string of the molecule is Cc1ccc[nH]1.Cc1ccco1.Cc1cccs1.Cc1ccn[nH]1.Cc1ccno1.Cc1ccon1.Cc1cnc[nH]1.Cc1cnco1.Cc1cncs1.Cc1cocn1.Cc1cscn1.Cc1ncc[nH]1.Cc1ncco1.Cc1nccs1.Cc1nn[c-]o1.[CH3-].[CH3-].[CH3-].[CH3-].[CH3-].[CH3-].[CH3-].[CH3-].[CH3-].[CH3-].[CH3-].[CH3-].[CH3-].[CH3-].[V].[V].[V].[V].[V].[V].[V].[V].[V].[V].[V].[V].[V].[V].[V]. The number of nitrogens with one attached hydrogen (secondary N) is 4. The third-order valence-electron chi connectivity index (χ3n) is 8.88. The Morgan fingerprint density at radius 3 is 1.15 bits per heavy atom. The molecule has 15 rings (SSSR count). The van der Waals surface area contributed by atoms with Crippen LogP contribution >= 0.6 is 45.3 Å². The van der Waals surface area contributed by atoms with Crippen molar-refractivity contribution in [1.82, 2.24) is 85.5 Å². The van der Waals surface area contributed by atoms with Crippen LogP contribution in [0.5, 0.6) is 0 Å². The molecule has 0 bridgehead atoms. The van der Waals surface area contributed by atoms with Crippen molar-refractivity contribution in [3.05, 3.63) is 382 Å². The molecule has 15 radical (unpaired) electrons. The Hall–Kier alpha value is -1.26. The van der Waals surface area contributed by atoms with Crippen molar-refractivity contribution in [2.24, 2.45) is 0 Å². The molecule has 15 heterocycles. The van der Waals surface area contributed by atoms with Crippen LogP contribution in [0.1, 0.15) is 83.8 Å². The van der Waals surface area contributed by atoms with Crippen molar-refractivity contribution in [1.29, 1.82) is 0 Å². The van der Waals surface area contributed by atoms with E-state index in [9.17, 15) is 0 Å². The molecule has 119 heavy (non-hydrogen) atoms. The summed E-state index contributed by atoms with van der Waals surface area (Å²) < 4.78 is 32.4. The Labute approximate surface area is 914 Å². The van der Waals surface area contributed by atoms with Gasteiger partial charge in [-0.2, -0.15) is 5.10 Å². The molecule has 0 atom stereocenters. The predicted octanol–water partition coefficient (Wildman–Crippen LogP) is 22.8. The Morgan fingerprint density at radius 1 is 0.395 bits per heavy atom. The van der Waals surface area contributed by atoms with E-state index >= 15 is 0 Å². The number of aryl methyl sites for hydroxylation is 15. The third kappa shape index (κ3) is 143. The molecule has 4 N–H and O–H groups in total. The van der Waals surface area contributed by atoms with E-state index < -0.39 is 0 Å². The summed E-state index contributed by atoms with van der Waals surface area (Å²) in [5.74, 6) is 4.92. The van der Waals surface area contributed by atoms with Gasteiger partial charge in [0.05, 0.1) is 70.9 Å². The molecule has 0 saturated carbocycles. The number of aromatic amines is 4. The first kappa shape index (κ1) is 204. The molecule has 0 fully saturated rings. The first-order valence-electron chi connectivity index (χ1n) is 26.9. The molecule has 43 heteroatoms. The molecule has 667 valence electrons. The topological polar surface area (TPSA) is 323 Å². The summed E-state index contributed by atoms with van der Waals surface area (Å²) in [6.45, 7) is 28.9. The second kappa shape index (κ2) is 145. The van der Waals surface area contributed by atoms with Crippen LogP contribution in [0.4, 0.5) is 0 Å². The smallest absolute Gasteiger partial charge is 0.190 e. The average Bonchev–Trinajstić information content (AvgIpc) is 2.31. The number of rotatable bonds is 0. The number of hydrogen-bond acceptors (Lipinski definition) is 24. The van der Waals surface area contributed by atoms with Gasteiger partial charge in [0.15, 0.2) is 18.7 Å². The molecule has 0 saturated heterocycles. The monoisotopic (exact) mass is 2280 g/mol. The summed E-state index contributed by atoms with van der Waals surface area (Å²) in [6.07, 6.45) is 30.6. The van der Waals surface area contributed by atoms with Gasteiger partial charge < -0.3 is 150 Å². The first-order chi connectivity index (χ1) is 43.4. The fraction of sp³-hybridized carbons (Fsp3) is 0.197. The summed E-state index contributed by atoms with van der Waals surface area (Å²) >= 11 is 6.74. The maximum Gasteiger partial charge on any atom is 0.190 e. The molecule has 0 aliphatic rings. The zero-order valence-corrected chi connectivity index (χ0v) is 98.1. The Balaban J connectivity index is -0.0000000265. The minimum atomic E-state index is 0. The standard InChI is InChI=1S/C5H7N.C5H6O.C5H6S.3C4H6N2.5C4H5NO.3C4H5NS.C3H3N2O.14CH3.15V/c3*1-5-3-2-4-6-5;1-4-2-5-3-6-4;1-4-5-2-3-6-4;1-4-2-3-5-6-4;1-4-2-6-3-5-4;1-4-2-5-3-6-4;1-4-5-2-3-6-4;1-4-2-3-6-5-4;1-4-2-3-5-6-4;1-4-2-6-3-5-4;1-4-2-5-3-6-4;1-4-5-2-3-6-4;1-3-5-4-2-6-3;;;;;;;;;;;;;;;;;;;;;;;;;;;;;/h2-4,6H,1H3;2*2-4H,1H3;3*2-3H,1H3,(H,5,6);8*2-3H,1H3;1H3;14*1H3;;;;;;;;;;;;;;;/q;;;;;;;;;;;;;;15*-1;;;;;;;;;;;;;;;. The van der Waals surface area contributed by atoms with E-state index in [1.807, 2.05) is 148 Å². The fourth-order valence-electron chi connectivity index (χ4n) is 4.58. The predicted molar refractivity (Wildman–Crippen MR) is 442 cm³/mol. The number of imidazole rings is 2. The minimum absolute atomic E-state index is 0. The second-order valence-corrected chi connectivity index (χ2v) is 21.3. The largest absolute Gasteiger partial charge is 0.613 e.